The highest BCUT2D eigenvalue weighted by molar-refractivity contribution is 5.91. The first-order valence-electron chi connectivity index (χ1n) is 7.87. The molecule has 0 unspecified atom stereocenters. The van der Waals surface area contributed by atoms with E-state index in [0.29, 0.717) is 0 Å². The van der Waals surface area contributed by atoms with Gasteiger partial charge in [0.05, 0.1) is 5.41 Å². The van der Waals surface area contributed by atoms with Crippen LogP contribution >= 0.6 is 0 Å². The Hall–Kier alpha value is -1.35. The fourth-order valence-corrected chi connectivity index (χ4v) is 3.21. The molecule has 2 aliphatic rings. The van der Waals surface area contributed by atoms with Crippen molar-refractivity contribution in [2.45, 2.75) is 37.5 Å². The SMILES string of the molecule is O=C(NCCN1CCCCC1)C1(c2ccccc2)CC1. The van der Waals surface area contributed by atoms with Crippen molar-refractivity contribution in [3.05, 3.63) is 35.9 Å². The van der Waals surface area contributed by atoms with E-state index in [9.17, 15) is 4.79 Å². The summed E-state index contributed by atoms with van der Waals surface area (Å²) in [5.41, 5.74) is 0.957. The number of benzene rings is 1. The lowest BCUT2D eigenvalue weighted by Gasteiger charge is -2.26. The molecule has 3 heteroatoms. The van der Waals surface area contributed by atoms with Crippen LogP contribution in [0.5, 0.6) is 0 Å². The molecule has 1 saturated carbocycles. The molecule has 0 spiro atoms. The molecular weight excluding hydrogens is 248 g/mol. The summed E-state index contributed by atoms with van der Waals surface area (Å²) in [6.07, 6.45) is 5.96. The quantitative estimate of drug-likeness (QED) is 0.892. The van der Waals surface area contributed by atoms with Gasteiger partial charge in [-0.05, 0) is 44.3 Å². The number of nitrogens with one attached hydrogen (secondary N) is 1. The van der Waals surface area contributed by atoms with Gasteiger partial charge in [0.25, 0.3) is 0 Å². The van der Waals surface area contributed by atoms with Gasteiger partial charge in [-0.2, -0.15) is 0 Å². The highest BCUT2D eigenvalue weighted by Gasteiger charge is 2.50. The molecule has 1 saturated heterocycles. The minimum atomic E-state index is -0.219. The average Bonchev–Trinajstić information content (AvgIpc) is 3.31. The highest BCUT2D eigenvalue weighted by atomic mass is 16.2. The summed E-state index contributed by atoms with van der Waals surface area (Å²) in [6.45, 7) is 4.17. The molecule has 1 amide bonds. The molecule has 0 atom stereocenters. The van der Waals surface area contributed by atoms with Gasteiger partial charge in [-0.15, -0.1) is 0 Å². The molecule has 1 aromatic carbocycles. The second-order valence-corrected chi connectivity index (χ2v) is 6.11. The molecule has 108 valence electrons. The van der Waals surface area contributed by atoms with Gasteiger partial charge in [0.15, 0.2) is 0 Å². The van der Waals surface area contributed by atoms with Crippen molar-refractivity contribution in [1.29, 1.82) is 0 Å². The Balaban J connectivity index is 1.49. The van der Waals surface area contributed by atoms with Gasteiger partial charge < -0.3 is 10.2 Å². The van der Waals surface area contributed by atoms with Crippen LogP contribution in [0.25, 0.3) is 0 Å². The van der Waals surface area contributed by atoms with Gasteiger partial charge in [-0.3, -0.25) is 4.79 Å². The van der Waals surface area contributed by atoms with Gasteiger partial charge in [-0.25, -0.2) is 0 Å². The van der Waals surface area contributed by atoms with Crippen LogP contribution in [0.3, 0.4) is 0 Å². The van der Waals surface area contributed by atoms with E-state index in [1.165, 1.54) is 37.9 Å². The van der Waals surface area contributed by atoms with Crippen molar-refractivity contribution < 1.29 is 4.79 Å². The maximum atomic E-state index is 12.4. The Morgan fingerprint density at radius 1 is 1.10 bits per heavy atom. The van der Waals surface area contributed by atoms with Crippen LogP contribution in [-0.4, -0.2) is 37.0 Å². The molecule has 0 radical (unpaired) electrons. The number of piperidine rings is 1. The standard InChI is InChI=1S/C17H24N2O/c20-16(18-11-14-19-12-5-2-6-13-19)17(9-10-17)15-7-3-1-4-8-15/h1,3-4,7-8H,2,5-6,9-14H2,(H,18,20). The van der Waals surface area contributed by atoms with E-state index in [4.69, 9.17) is 0 Å². The lowest BCUT2D eigenvalue weighted by Crippen LogP contribution is -2.41. The average molecular weight is 272 g/mol. The Bertz CT molecular complexity index is 447. The van der Waals surface area contributed by atoms with E-state index in [1.807, 2.05) is 18.2 Å². The third kappa shape index (κ3) is 2.88. The third-order valence-electron chi connectivity index (χ3n) is 4.67. The molecule has 1 aliphatic carbocycles. The Labute approximate surface area is 121 Å². The summed E-state index contributed by atoms with van der Waals surface area (Å²) < 4.78 is 0. The minimum absolute atomic E-state index is 0.219. The van der Waals surface area contributed by atoms with Gasteiger partial charge >= 0.3 is 0 Å². The summed E-state index contributed by atoms with van der Waals surface area (Å²) in [5, 5.41) is 3.15. The Morgan fingerprint density at radius 3 is 2.45 bits per heavy atom. The molecule has 2 fully saturated rings. The normalized spacial score (nSPS) is 21.4. The molecule has 0 bridgehead atoms. The van der Waals surface area contributed by atoms with Crippen LogP contribution in [0.1, 0.15) is 37.7 Å². The van der Waals surface area contributed by atoms with Crippen LogP contribution in [0, 0.1) is 0 Å². The van der Waals surface area contributed by atoms with Gasteiger partial charge in [0, 0.05) is 13.1 Å². The topological polar surface area (TPSA) is 32.3 Å². The fourth-order valence-electron chi connectivity index (χ4n) is 3.21. The van der Waals surface area contributed by atoms with E-state index in [0.717, 1.165) is 25.9 Å². The predicted molar refractivity (Wildman–Crippen MR) is 80.7 cm³/mol. The second kappa shape index (κ2) is 5.96. The molecule has 1 aliphatic heterocycles. The third-order valence-corrected chi connectivity index (χ3v) is 4.67. The van der Waals surface area contributed by atoms with Gasteiger partial charge in [0.1, 0.15) is 0 Å². The van der Waals surface area contributed by atoms with Crippen LogP contribution in [0.2, 0.25) is 0 Å². The number of likely N-dealkylation sites (tertiary alicyclic amines) is 1. The number of carbonyl (C=O) groups is 1. The van der Waals surface area contributed by atoms with Crippen LogP contribution in [0.4, 0.5) is 0 Å². The zero-order chi connectivity index (χ0) is 13.8. The monoisotopic (exact) mass is 272 g/mol. The number of carbonyl (C=O) groups excluding carboxylic acids is 1. The van der Waals surface area contributed by atoms with E-state index in [1.54, 1.807) is 0 Å². The predicted octanol–water partition coefficient (Wildman–Crippen LogP) is 2.32. The van der Waals surface area contributed by atoms with Crippen LogP contribution in [0.15, 0.2) is 30.3 Å². The van der Waals surface area contributed by atoms with E-state index < -0.39 is 0 Å². The smallest absolute Gasteiger partial charge is 0.230 e. The number of nitrogens with zero attached hydrogens (tertiary/aromatic N) is 1. The molecule has 3 nitrogen and oxygen atoms in total. The Morgan fingerprint density at radius 2 is 1.80 bits per heavy atom. The first-order valence-corrected chi connectivity index (χ1v) is 7.87. The van der Waals surface area contributed by atoms with Crippen molar-refractivity contribution >= 4 is 5.91 Å². The molecular formula is C17H24N2O. The maximum Gasteiger partial charge on any atom is 0.230 e. The van der Waals surface area contributed by atoms with E-state index in [-0.39, 0.29) is 11.3 Å². The van der Waals surface area contributed by atoms with Crippen molar-refractivity contribution in [3.8, 4) is 0 Å². The summed E-state index contributed by atoms with van der Waals surface area (Å²) in [4.78, 5) is 14.9. The first kappa shape index (κ1) is 13.6. The van der Waals surface area contributed by atoms with Gasteiger partial charge in [-0.1, -0.05) is 36.8 Å². The van der Waals surface area contributed by atoms with E-state index in [2.05, 4.69) is 22.3 Å². The summed E-state index contributed by atoms with van der Waals surface area (Å²) in [5.74, 6) is 0.223. The first-order chi connectivity index (χ1) is 9.81. The highest BCUT2D eigenvalue weighted by Crippen LogP contribution is 2.48. The summed E-state index contributed by atoms with van der Waals surface area (Å²) in [6, 6.07) is 10.2. The maximum absolute atomic E-state index is 12.4. The van der Waals surface area contributed by atoms with Crippen molar-refractivity contribution in [3.63, 3.8) is 0 Å². The zero-order valence-electron chi connectivity index (χ0n) is 12.1. The van der Waals surface area contributed by atoms with Crippen molar-refractivity contribution in [2.75, 3.05) is 26.2 Å². The molecule has 1 aromatic rings. The zero-order valence-corrected chi connectivity index (χ0v) is 12.1. The van der Waals surface area contributed by atoms with Gasteiger partial charge in [0.2, 0.25) is 5.91 Å². The molecule has 1 heterocycles. The lowest BCUT2D eigenvalue weighted by atomic mass is 9.95. The molecule has 1 N–H and O–H groups in total. The van der Waals surface area contributed by atoms with Crippen molar-refractivity contribution in [2.24, 2.45) is 0 Å². The van der Waals surface area contributed by atoms with Crippen LogP contribution < -0.4 is 5.32 Å². The van der Waals surface area contributed by atoms with Crippen LogP contribution in [-0.2, 0) is 10.2 Å². The van der Waals surface area contributed by atoms with Crippen molar-refractivity contribution in [1.82, 2.24) is 10.2 Å². The molecule has 0 aromatic heterocycles. The second-order valence-electron chi connectivity index (χ2n) is 6.11. The molecule has 20 heavy (non-hydrogen) atoms. The summed E-state index contributed by atoms with van der Waals surface area (Å²) in [7, 11) is 0. The molecule has 3 rings (SSSR count). The fraction of sp³-hybridized carbons (Fsp3) is 0.588. The largest absolute Gasteiger partial charge is 0.354 e. The number of amides is 1. The number of hydrogen-bond acceptors (Lipinski definition) is 2. The number of rotatable bonds is 5. The Kier molecular flexibility index (Phi) is 4.06. The van der Waals surface area contributed by atoms with E-state index >= 15 is 0 Å². The summed E-state index contributed by atoms with van der Waals surface area (Å²) >= 11 is 0. The number of hydrogen-bond donors (Lipinski definition) is 1. The minimum Gasteiger partial charge on any atom is -0.354 e. The lowest BCUT2D eigenvalue weighted by molar-refractivity contribution is -0.123.